The first-order valence-electron chi connectivity index (χ1n) is 12.4. The fraction of sp³-hybridized carbons (Fsp3) is 0.640. The Morgan fingerprint density at radius 1 is 0.882 bits per heavy atom. The second-order valence-electron chi connectivity index (χ2n) is 9.58. The van der Waals surface area contributed by atoms with Crippen molar-refractivity contribution in [2.45, 2.75) is 32.8 Å². The molecule has 1 atom stereocenters. The molecule has 0 spiro atoms. The molecule has 1 N–H and O–H groups in total. The second-order valence-corrected chi connectivity index (χ2v) is 9.58. The van der Waals surface area contributed by atoms with Gasteiger partial charge in [-0.05, 0) is 37.8 Å². The highest BCUT2D eigenvalue weighted by Crippen LogP contribution is 2.19. The van der Waals surface area contributed by atoms with Crippen LogP contribution in [0.4, 0.5) is 5.69 Å². The molecule has 34 heavy (non-hydrogen) atoms. The van der Waals surface area contributed by atoms with Gasteiger partial charge >= 0.3 is 0 Å². The quantitative estimate of drug-likeness (QED) is 0.658. The highest BCUT2D eigenvalue weighted by Gasteiger charge is 2.31. The van der Waals surface area contributed by atoms with Crippen LogP contribution in [0.25, 0.3) is 0 Å². The van der Waals surface area contributed by atoms with Crippen molar-refractivity contribution in [1.29, 1.82) is 0 Å². The summed E-state index contributed by atoms with van der Waals surface area (Å²) in [5.41, 5.74) is 3.00. The second kappa shape index (κ2) is 11.3. The van der Waals surface area contributed by atoms with Crippen LogP contribution in [0.2, 0.25) is 0 Å². The summed E-state index contributed by atoms with van der Waals surface area (Å²) in [5, 5.41) is 3.04. The maximum Gasteiger partial charge on any atom is 0.251 e. The van der Waals surface area contributed by atoms with E-state index in [1.54, 1.807) is 0 Å². The van der Waals surface area contributed by atoms with E-state index in [0.29, 0.717) is 72.1 Å². The lowest BCUT2D eigenvalue weighted by atomic mass is 10.1. The predicted molar refractivity (Wildman–Crippen MR) is 130 cm³/mol. The lowest BCUT2D eigenvalue weighted by molar-refractivity contribution is -0.143. The van der Waals surface area contributed by atoms with E-state index in [-0.39, 0.29) is 23.8 Å². The van der Waals surface area contributed by atoms with Crippen molar-refractivity contribution in [3.63, 3.8) is 0 Å². The van der Waals surface area contributed by atoms with E-state index in [2.05, 4.69) is 15.1 Å². The molecular formula is C25H37N5O4. The van der Waals surface area contributed by atoms with Crippen LogP contribution in [-0.2, 0) is 19.1 Å². The Labute approximate surface area is 202 Å². The average molecular weight is 472 g/mol. The number of carbonyl (C=O) groups is 3. The number of benzene rings is 1. The van der Waals surface area contributed by atoms with Crippen LogP contribution >= 0.6 is 0 Å². The summed E-state index contributed by atoms with van der Waals surface area (Å²) in [6, 6.07) is 5.98. The molecule has 3 amide bonds. The summed E-state index contributed by atoms with van der Waals surface area (Å²) in [5.74, 6) is 0.201. The van der Waals surface area contributed by atoms with Gasteiger partial charge in [0.1, 0.15) is 6.10 Å². The van der Waals surface area contributed by atoms with E-state index in [1.807, 2.05) is 41.8 Å². The van der Waals surface area contributed by atoms with Crippen molar-refractivity contribution in [1.82, 2.24) is 19.6 Å². The number of rotatable bonds is 6. The first kappa shape index (κ1) is 24.6. The van der Waals surface area contributed by atoms with E-state index >= 15 is 0 Å². The molecule has 0 saturated carbocycles. The Bertz CT molecular complexity index is 865. The summed E-state index contributed by atoms with van der Waals surface area (Å²) in [4.78, 5) is 45.9. The zero-order valence-corrected chi connectivity index (χ0v) is 20.4. The third-order valence-electron chi connectivity index (χ3n) is 7.09. The summed E-state index contributed by atoms with van der Waals surface area (Å²) in [7, 11) is 0. The molecule has 1 aromatic carbocycles. The van der Waals surface area contributed by atoms with E-state index in [4.69, 9.17) is 4.74 Å². The number of anilines is 1. The van der Waals surface area contributed by atoms with Crippen molar-refractivity contribution in [2.75, 3.05) is 77.4 Å². The van der Waals surface area contributed by atoms with Gasteiger partial charge in [-0.25, -0.2) is 0 Å². The largest absolute Gasteiger partial charge is 0.368 e. The number of nitrogens with zero attached hydrogens (tertiary/aromatic N) is 4. The summed E-state index contributed by atoms with van der Waals surface area (Å²) < 4.78 is 5.52. The molecule has 0 aromatic heterocycles. The van der Waals surface area contributed by atoms with E-state index in [0.717, 1.165) is 29.7 Å². The number of carbonyl (C=O) groups excluding carboxylic acids is 3. The van der Waals surface area contributed by atoms with Crippen LogP contribution in [0.15, 0.2) is 18.2 Å². The average Bonchev–Trinajstić information content (AvgIpc) is 3.37. The molecule has 3 fully saturated rings. The minimum Gasteiger partial charge on any atom is -0.368 e. The fourth-order valence-electron chi connectivity index (χ4n) is 4.94. The molecule has 3 saturated heterocycles. The Hall–Kier alpha value is -2.49. The molecule has 9 nitrogen and oxygen atoms in total. The molecule has 3 heterocycles. The third kappa shape index (κ3) is 6.14. The van der Waals surface area contributed by atoms with Gasteiger partial charge in [0.25, 0.3) is 5.91 Å². The Morgan fingerprint density at radius 2 is 1.47 bits per heavy atom. The van der Waals surface area contributed by atoms with Gasteiger partial charge in [0.2, 0.25) is 11.8 Å². The van der Waals surface area contributed by atoms with Crippen molar-refractivity contribution < 1.29 is 19.1 Å². The lowest BCUT2D eigenvalue weighted by Gasteiger charge is -2.38. The predicted octanol–water partition coefficient (Wildman–Crippen LogP) is 0.709. The van der Waals surface area contributed by atoms with Gasteiger partial charge in [-0.2, -0.15) is 0 Å². The monoisotopic (exact) mass is 471 g/mol. The smallest absolute Gasteiger partial charge is 0.251 e. The van der Waals surface area contributed by atoms with Gasteiger partial charge in [-0.1, -0.05) is 18.2 Å². The van der Waals surface area contributed by atoms with Gasteiger partial charge in [0.05, 0.1) is 13.1 Å². The molecule has 186 valence electrons. The zero-order valence-electron chi connectivity index (χ0n) is 20.4. The zero-order chi connectivity index (χ0) is 24.1. The lowest BCUT2D eigenvalue weighted by Crippen LogP contribution is -2.55. The van der Waals surface area contributed by atoms with E-state index in [9.17, 15) is 14.4 Å². The van der Waals surface area contributed by atoms with Crippen LogP contribution in [0.1, 0.15) is 24.0 Å². The van der Waals surface area contributed by atoms with Crippen LogP contribution in [0.5, 0.6) is 0 Å². The van der Waals surface area contributed by atoms with E-state index in [1.165, 1.54) is 0 Å². The highest BCUT2D eigenvalue weighted by molar-refractivity contribution is 5.93. The molecule has 1 aromatic rings. The van der Waals surface area contributed by atoms with E-state index < -0.39 is 0 Å². The molecule has 3 aliphatic rings. The number of ether oxygens (including phenoxy) is 1. The number of nitrogens with one attached hydrogen (secondary N) is 1. The van der Waals surface area contributed by atoms with Gasteiger partial charge < -0.3 is 19.9 Å². The fourth-order valence-corrected chi connectivity index (χ4v) is 4.94. The van der Waals surface area contributed by atoms with Crippen LogP contribution in [-0.4, -0.2) is 115 Å². The number of piperazine rings is 2. The van der Waals surface area contributed by atoms with Crippen molar-refractivity contribution in [3.8, 4) is 0 Å². The minimum absolute atomic E-state index is 0.0207. The van der Waals surface area contributed by atoms with Gasteiger partial charge in [-0.3, -0.25) is 24.2 Å². The molecule has 0 aliphatic carbocycles. The molecule has 4 rings (SSSR count). The normalized spacial score (nSPS) is 22.1. The number of hydrogen-bond acceptors (Lipinski definition) is 6. The summed E-state index contributed by atoms with van der Waals surface area (Å²) in [6.45, 7) is 10.7. The standard InChI is InChI=1S/C25H37N5O4/c1-19-5-3-6-20(2)24(19)26-22(31)17-27-8-12-29(13-9-27)23(32)18-28-10-14-30(15-11-28)25(33)21-7-4-16-34-21/h3,5-6,21H,4,7-18H2,1-2H3,(H,26,31). The maximum absolute atomic E-state index is 12.8. The van der Waals surface area contributed by atoms with Crippen molar-refractivity contribution in [3.05, 3.63) is 29.3 Å². The number of aryl methyl sites for hydroxylation is 2. The summed E-state index contributed by atoms with van der Waals surface area (Å²) in [6.07, 6.45) is 1.50. The number of hydrogen-bond donors (Lipinski definition) is 1. The Morgan fingerprint density at radius 3 is 2.06 bits per heavy atom. The Kier molecular flexibility index (Phi) is 8.18. The highest BCUT2D eigenvalue weighted by atomic mass is 16.5. The van der Waals surface area contributed by atoms with Gasteiger partial charge in [0.15, 0.2) is 0 Å². The van der Waals surface area contributed by atoms with Crippen molar-refractivity contribution >= 4 is 23.4 Å². The maximum atomic E-state index is 12.8. The van der Waals surface area contributed by atoms with Crippen LogP contribution < -0.4 is 5.32 Å². The van der Waals surface area contributed by atoms with Crippen LogP contribution in [0.3, 0.4) is 0 Å². The SMILES string of the molecule is Cc1cccc(C)c1NC(=O)CN1CCN(C(=O)CN2CCN(C(=O)C3CCCO3)CC2)CC1. The first-order chi connectivity index (χ1) is 16.4. The number of para-hydroxylation sites is 1. The molecule has 1 unspecified atom stereocenters. The summed E-state index contributed by atoms with van der Waals surface area (Å²) >= 11 is 0. The number of amides is 3. The molecule has 3 aliphatic heterocycles. The topological polar surface area (TPSA) is 85.4 Å². The third-order valence-corrected chi connectivity index (χ3v) is 7.09. The first-order valence-corrected chi connectivity index (χ1v) is 12.4. The molecule has 9 heteroatoms. The Balaban J connectivity index is 1.16. The van der Waals surface area contributed by atoms with Crippen molar-refractivity contribution in [2.24, 2.45) is 0 Å². The molecule has 0 radical (unpaired) electrons. The molecular weight excluding hydrogens is 434 g/mol. The van der Waals surface area contributed by atoms with Gasteiger partial charge in [0, 0.05) is 64.7 Å². The van der Waals surface area contributed by atoms with Gasteiger partial charge in [-0.15, -0.1) is 0 Å². The van der Waals surface area contributed by atoms with Crippen LogP contribution in [0, 0.1) is 13.8 Å². The minimum atomic E-state index is -0.271. The molecule has 0 bridgehead atoms.